The third kappa shape index (κ3) is 3.28. The van der Waals surface area contributed by atoms with Gasteiger partial charge in [-0.3, -0.25) is 0 Å². The van der Waals surface area contributed by atoms with Crippen LogP contribution >= 0.6 is 11.3 Å². The first-order valence-electron chi connectivity index (χ1n) is 13.9. The van der Waals surface area contributed by atoms with Crippen LogP contribution in [0.1, 0.15) is 35.9 Å². The van der Waals surface area contributed by atoms with Crippen molar-refractivity contribution in [3.63, 3.8) is 0 Å². The predicted molar refractivity (Wildman–Crippen MR) is 175 cm³/mol. The van der Waals surface area contributed by atoms with Gasteiger partial charge in [0.1, 0.15) is 0 Å². The Hall–Kier alpha value is -4.60. The monoisotopic (exact) mass is 532 g/mol. The second kappa shape index (κ2) is 8.97. The Bertz CT molecular complexity index is 2210. The third-order valence-electron chi connectivity index (χ3n) is 8.23. The van der Waals surface area contributed by atoms with Crippen molar-refractivity contribution in [3.8, 4) is 11.4 Å². The van der Waals surface area contributed by atoms with Crippen LogP contribution < -0.4 is 0 Å². The van der Waals surface area contributed by atoms with Gasteiger partial charge in [-0.05, 0) is 68.8 Å². The lowest BCUT2D eigenvalue weighted by Crippen LogP contribution is -1.99. The van der Waals surface area contributed by atoms with E-state index in [0.717, 1.165) is 6.42 Å². The minimum absolute atomic E-state index is 0.951. The third-order valence-corrected chi connectivity index (χ3v) is 9.38. The Morgan fingerprint density at radius 3 is 2.40 bits per heavy atom. The quantitative estimate of drug-likeness (QED) is 0.214. The van der Waals surface area contributed by atoms with Crippen LogP contribution in [0.3, 0.4) is 0 Å². The van der Waals surface area contributed by atoms with E-state index >= 15 is 0 Å². The minimum atomic E-state index is 0.951. The fourth-order valence-electron chi connectivity index (χ4n) is 6.54. The number of nitrogens with zero attached hydrogens (tertiary/aromatic N) is 2. The molecule has 0 atom stereocenters. The highest BCUT2D eigenvalue weighted by molar-refractivity contribution is 7.25. The van der Waals surface area contributed by atoms with Crippen molar-refractivity contribution in [2.75, 3.05) is 0 Å². The molecule has 3 aromatic heterocycles. The van der Waals surface area contributed by atoms with E-state index in [-0.39, 0.29) is 0 Å². The zero-order chi connectivity index (χ0) is 26.8. The molecule has 192 valence electrons. The summed E-state index contributed by atoms with van der Waals surface area (Å²) in [6.45, 7) is 4.37. The number of benzene rings is 4. The van der Waals surface area contributed by atoms with Gasteiger partial charge in [-0.2, -0.15) is 0 Å². The molecule has 4 aromatic carbocycles. The molecule has 0 saturated carbocycles. The summed E-state index contributed by atoms with van der Waals surface area (Å²) in [5.41, 5.74) is 9.92. The lowest BCUT2D eigenvalue weighted by molar-refractivity contribution is 1.05. The van der Waals surface area contributed by atoms with E-state index in [2.05, 4.69) is 144 Å². The summed E-state index contributed by atoms with van der Waals surface area (Å²) >= 11 is 1.87. The molecule has 7 aromatic rings. The van der Waals surface area contributed by atoms with Crippen LogP contribution in [0.4, 0.5) is 0 Å². The van der Waals surface area contributed by atoms with Crippen molar-refractivity contribution < 1.29 is 0 Å². The normalized spacial score (nSPS) is 13.3. The highest BCUT2D eigenvalue weighted by atomic mass is 32.1. The molecular weight excluding hydrogens is 504 g/mol. The van der Waals surface area contributed by atoms with Gasteiger partial charge in [-0.1, -0.05) is 72.8 Å². The number of hydrogen-bond acceptors (Lipinski definition) is 1. The summed E-state index contributed by atoms with van der Waals surface area (Å²) < 4.78 is 7.57. The number of aromatic nitrogens is 2. The van der Waals surface area contributed by atoms with Crippen molar-refractivity contribution in [3.05, 3.63) is 126 Å². The Labute approximate surface area is 237 Å². The minimum Gasteiger partial charge on any atom is -0.313 e. The van der Waals surface area contributed by atoms with E-state index in [1.54, 1.807) is 0 Å². The predicted octanol–water partition coefficient (Wildman–Crippen LogP) is 10.7. The van der Waals surface area contributed by atoms with Crippen LogP contribution in [-0.2, 0) is 0 Å². The molecule has 0 saturated heterocycles. The molecular formula is C37H28N2S. The Morgan fingerprint density at radius 2 is 1.50 bits per heavy atom. The van der Waals surface area contributed by atoms with Gasteiger partial charge in [0, 0.05) is 53.5 Å². The van der Waals surface area contributed by atoms with Gasteiger partial charge < -0.3 is 9.13 Å². The molecule has 3 heteroatoms. The van der Waals surface area contributed by atoms with E-state index in [1.165, 1.54) is 75.9 Å². The van der Waals surface area contributed by atoms with Crippen LogP contribution in [0.25, 0.3) is 71.6 Å². The van der Waals surface area contributed by atoms with Crippen molar-refractivity contribution in [2.45, 2.75) is 20.3 Å². The summed E-state index contributed by atoms with van der Waals surface area (Å²) in [7, 11) is 0. The Kier molecular flexibility index (Phi) is 5.23. The number of para-hydroxylation sites is 1. The first kappa shape index (κ1) is 23.3. The maximum Gasteiger partial charge on any atom is 0.0562 e. The molecule has 0 bridgehead atoms. The average Bonchev–Trinajstić information content (AvgIpc) is 3.52. The summed E-state index contributed by atoms with van der Waals surface area (Å²) in [5, 5.41) is 5.21. The van der Waals surface area contributed by atoms with Crippen molar-refractivity contribution in [1.82, 2.24) is 9.13 Å². The van der Waals surface area contributed by atoms with E-state index in [4.69, 9.17) is 0 Å². The van der Waals surface area contributed by atoms with E-state index in [0.29, 0.717) is 0 Å². The Morgan fingerprint density at radius 1 is 0.725 bits per heavy atom. The summed E-state index contributed by atoms with van der Waals surface area (Å²) in [5.74, 6) is 0. The smallest absolute Gasteiger partial charge is 0.0562 e. The largest absolute Gasteiger partial charge is 0.313 e. The van der Waals surface area contributed by atoms with Crippen molar-refractivity contribution in [1.29, 1.82) is 0 Å². The molecule has 0 fully saturated rings. The van der Waals surface area contributed by atoms with Crippen LogP contribution in [0.15, 0.2) is 103 Å². The van der Waals surface area contributed by atoms with Crippen LogP contribution in [0.2, 0.25) is 0 Å². The first-order chi connectivity index (χ1) is 19.7. The van der Waals surface area contributed by atoms with Crippen LogP contribution in [0.5, 0.6) is 0 Å². The second-order valence-corrected chi connectivity index (χ2v) is 11.6. The summed E-state index contributed by atoms with van der Waals surface area (Å²) in [4.78, 5) is 0. The second-order valence-electron chi connectivity index (χ2n) is 10.5. The van der Waals surface area contributed by atoms with E-state index in [9.17, 15) is 0 Å². The summed E-state index contributed by atoms with van der Waals surface area (Å²) in [6.07, 6.45) is 14.5. The van der Waals surface area contributed by atoms with Gasteiger partial charge in [0.25, 0.3) is 0 Å². The molecule has 1 aliphatic rings. The molecule has 0 N–H and O–H groups in total. The lowest BCUT2D eigenvalue weighted by atomic mass is 10.1. The topological polar surface area (TPSA) is 9.86 Å². The maximum atomic E-state index is 2.46. The summed E-state index contributed by atoms with van der Waals surface area (Å²) in [6, 6.07) is 31.2. The van der Waals surface area contributed by atoms with E-state index in [1.807, 2.05) is 11.3 Å². The number of rotatable bonds is 3. The number of hydrogen-bond donors (Lipinski definition) is 0. The van der Waals surface area contributed by atoms with Crippen molar-refractivity contribution >= 4 is 71.5 Å². The first-order valence-corrected chi connectivity index (χ1v) is 14.7. The fraction of sp³-hybridized carbons (Fsp3) is 0.0811. The van der Waals surface area contributed by atoms with Gasteiger partial charge in [0.15, 0.2) is 0 Å². The lowest BCUT2D eigenvalue weighted by Gasteiger charge is -2.13. The fourth-order valence-corrected chi connectivity index (χ4v) is 7.63. The highest BCUT2D eigenvalue weighted by Crippen LogP contribution is 2.41. The molecule has 2 nitrogen and oxygen atoms in total. The molecule has 3 heterocycles. The zero-order valence-electron chi connectivity index (χ0n) is 22.6. The highest BCUT2D eigenvalue weighted by Gasteiger charge is 2.22. The Balaban J connectivity index is 1.47. The standard InChI is InChI=1S/C37H28N2S/c1-3-12-26-24(2)38(25-21-22-36-30(23-25)29-15-8-10-20-35(29)40-36)33-18-11-19-34(37(26)33)39-31-16-6-4-5-13-27(31)28-14-7-9-17-32(28)39/h3,5-23H,4H2,1-2H3/b12-3-. The molecule has 0 unspecified atom stereocenters. The maximum absolute atomic E-state index is 2.46. The van der Waals surface area contributed by atoms with Crippen LogP contribution in [-0.4, -0.2) is 9.13 Å². The van der Waals surface area contributed by atoms with E-state index < -0.39 is 0 Å². The molecule has 40 heavy (non-hydrogen) atoms. The van der Waals surface area contributed by atoms with Gasteiger partial charge in [0.2, 0.25) is 0 Å². The molecule has 0 spiro atoms. The molecule has 1 aliphatic carbocycles. The SMILES string of the molecule is C/C=C\c1c(C)n(-c2ccc3sc4ccccc4c3c2)c2cccc(-n3c4c(c5ccccc53)C=CCC=C4)c12. The van der Waals surface area contributed by atoms with Crippen LogP contribution in [0, 0.1) is 6.92 Å². The van der Waals surface area contributed by atoms with Gasteiger partial charge >= 0.3 is 0 Å². The van der Waals surface area contributed by atoms with Gasteiger partial charge in [-0.25, -0.2) is 0 Å². The molecule has 8 rings (SSSR count). The van der Waals surface area contributed by atoms with Crippen molar-refractivity contribution in [2.24, 2.45) is 0 Å². The number of thiophene rings is 1. The van der Waals surface area contributed by atoms with Gasteiger partial charge in [-0.15, -0.1) is 11.3 Å². The molecule has 0 radical (unpaired) electrons. The number of fused-ring (bicyclic) bond motifs is 7. The van der Waals surface area contributed by atoms with Gasteiger partial charge in [0.05, 0.1) is 22.4 Å². The molecule has 0 amide bonds. The average molecular weight is 533 g/mol. The molecule has 0 aliphatic heterocycles. The zero-order valence-corrected chi connectivity index (χ0v) is 23.4. The number of allylic oxidation sites excluding steroid dienone is 3.